The highest BCUT2D eigenvalue weighted by Gasteiger charge is 2.20. The first-order chi connectivity index (χ1) is 12.4. The predicted molar refractivity (Wildman–Crippen MR) is 105 cm³/mol. The lowest BCUT2D eigenvalue weighted by atomic mass is 9.92. The van der Waals surface area contributed by atoms with Gasteiger partial charge in [0.1, 0.15) is 32.1 Å². The molecule has 0 aliphatic heterocycles. The number of rotatable bonds is 4. The van der Waals surface area contributed by atoms with Crippen LogP contribution in [0.1, 0.15) is 62.2 Å². The van der Waals surface area contributed by atoms with Crippen LogP contribution in [0.4, 0.5) is 14.9 Å². The first-order valence-electron chi connectivity index (χ1n) is 8.68. The predicted octanol–water partition coefficient (Wildman–Crippen LogP) is 5.22. The first kappa shape index (κ1) is 21.1. The molecule has 0 spiro atoms. The van der Waals surface area contributed by atoms with Gasteiger partial charge in [0, 0.05) is 5.69 Å². The van der Waals surface area contributed by atoms with Crippen molar-refractivity contribution in [2.24, 2.45) is 9.50 Å². The molecule has 3 N–H and O–H groups in total. The maximum Gasteiger partial charge on any atom is 0.354 e. The third-order valence-electron chi connectivity index (χ3n) is 4.17. The minimum Gasteiger partial charge on any atom is -0.465 e. The van der Waals surface area contributed by atoms with E-state index < -0.39 is 15.9 Å². The molecule has 8 heteroatoms. The van der Waals surface area contributed by atoms with Crippen LogP contribution in [0.3, 0.4) is 0 Å². The molecule has 148 valence electrons. The Balaban J connectivity index is 2.49. The minimum atomic E-state index is -3.47. The lowest BCUT2D eigenvalue weighted by Gasteiger charge is -2.19. The van der Waals surface area contributed by atoms with Gasteiger partial charge in [-0.3, -0.25) is 0 Å². The largest absolute Gasteiger partial charge is 0.465 e. The summed E-state index contributed by atoms with van der Waals surface area (Å²) in [4.78, 5) is 12.7. The van der Waals surface area contributed by atoms with Crippen LogP contribution in [0.15, 0.2) is 31.9 Å². The Morgan fingerprint density at radius 2 is 1.67 bits per heavy atom. The third kappa shape index (κ3) is 4.75. The summed E-state index contributed by atoms with van der Waals surface area (Å²) in [7, 11) is -3.47. The Bertz CT molecular complexity index is 957. The fourth-order valence-corrected chi connectivity index (χ4v) is 4.08. The van der Waals surface area contributed by atoms with E-state index in [1.807, 2.05) is 27.7 Å². The highest BCUT2D eigenvalue weighted by Crippen LogP contribution is 2.34. The summed E-state index contributed by atoms with van der Waals surface area (Å²) in [6, 6.07) is 3.42. The fourth-order valence-electron chi connectivity index (χ4n) is 2.90. The summed E-state index contributed by atoms with van der Waals surface area (Å²) >= 11 is 0. The maximum absolute atomic E-state index is 14.0. The quantitative estimate of drug-likeness (QED) is 0.743. The average Bonchev–Trinajstić information content (AvgIpc) is 2.87. The Labute approximate surface area is 159 Å². The molecule has 2 amide bonds. The lowest BCUT2D eigenvalue weighted by molar-refractivity contribution is 0.260. The van der Waals surface area contributed by atoms with Crippen molar-refractivity contribution in [1.82, 2.24) is 0 Å². The molecule has 1 atom stereocenters. The summed E-state index contributed by atoms with van der Waals surface area (Å²) in [5.41, 5.74) is 1.76. The third-order valence-corrected chi connectivity index (χ3v) is 5.64. The van der Waals surface area contributed by atoms with E-state index in [0.717, 1.165) is 0 Å². The highest BCUT2D eigenvalue weighted by molar-refractivity contribution is 7.91. The Hall–Kier alpha value is -2.19. The maximum atomic E-state index is 14.0. The summed E-state index contributed by atoms with van der Waals surface area (Å²) in [5, 5.41) is 8.47. The zero-order valence-corrected chi connectivity index (χ0v) is 17.2. The van der Waals surface area contributed by atoms with Crippen LogP contribution in [-0.2, 0) is 9.92 Å². The number of hydrogen-bond acceptors (Lipinski definition) is 3. The molecule has 2 aromatic rings. The minimum absolute atomic E-state index is 0.0329. The second kappa shape index (κ2) is 7.82. The average molecular weight is 396 g/mol. The standard InChI is InChI=1S/C19H26FN3O3S/c1-10(2)15-8-14(20)9-16(11(3)4)18(15)22-19(24)23-27(21,25)17-7-12(5)26-13(17)6/h7-11H,1-6H3,(H3,21,22,23,24,25). The zero-order valence-electron chi connectivity index (χ0n) is 16.4. The highest BCUT2D eigenvalue weighted by atomic mass is 32.2. The van der Waals surface area contributed by atoms with Crippen LogP contribution in [0.25, 0.3) is 0 Å². The van der Waals surface area contributed by atoms with Crippen molar-refractivity contribution in [1.29, 1.82) is 0 Å². The molecular weight excluding hydrogens is 369 g/mol. The van der Waals surface area contributed by atoms with Gasteiger partial charge in [-0.2, -0.15) is 0 Å². The fraction of sp³-hybridized carbons (Fsp3) is 0.421. The Morgan fingerprint density at radius 3 is 2.07 bits per heavy atom. The van der Waals surface area contributed by atoms with Crippen molar-refractivity contribution in [3.63, 3.8) is 0 Å². The van der Waals surface area contributed by atoms with Crippen molar-refractivity contribution in [2.45, 2.75) is 58.3 Å². The van der Waals surface area contributed by atoms with E-state index in [9.17, 15) is 13.4 Å². The first-order valence-corrected chi connectivity index (χ1v) is 10.3. The van der Waals surface area contributed by atoms with E-state index in [1.54, 1.807) is 13.8 Å². The molecule has 1 heterocycles. The Morgan fingerprint density at radius 1 is 1.15 bits per heavy atom. The van der Waals surface area contributed by atoms with Crippen LogP contribution in [-0.4, -0.2) is 10.2 Å². The van der Waals surface area contributed by atoms with Crippen molar-refractivity contribution in [3.8, 4) is 0 Å². The number of furan rings is 1. The number of aryl methyl sites for hydroxylation is 2. The normalized spacial score (nSPS) is 13.7. The van der Waals surface area contributed by atoms with Gasteiger partial charge in [0.15, 0.2) is 0 Å². The number of carbonyl (C=O) groups excluding carboxylic acids is 1. The zero-order chi connectivity index (χ0) is 20.5. The number of nitrogens with one attached hydrogen (secondary N) is 1. The van der Waals surface area contributed by atoms with Crippen molar-refractivity contribution < 1.29 is 17.8 Å². The second-order valence-electron chi connectivity index (χ2n) is 7.14. The number of nitrogens with zero attached hydrogens (tertiary/aromatic N) is 1. The molecule has 6 nitrogen and oxygen atoms in total. The molecule has 1 aromatic heterocycles. The molecule has 27 heavy (non-hydrogen) atoms. The van der Waals surface area contributed by atoms with Crippen molar-refractivity contribution in [2.75, 3.05) is 5.32 Å². The number of benzene rings is 1. The molecule has 0 aliphatic rings. The summed E-state index contributed by atoms with van der Waals surface area (Å²) in [6.45, 7) is 10.9. The van der Waals surface area contributed by atoms with Gasteiger partial charge in [-0.1, -0.05) is 27.7 Å². The summed E-state index contributed by atoms with van der Waals surface area (Å²) < 4.78 is 35.7. The summed E-state index contributed by atoms with van der Waals surface area (Å²) in [5.74, 6) is 0.441. The van der Waals surface area contributed by atoms with Gasteiger partial charge in [-0.25, -0.2) is 18.5 Å². The molecular formula is C19H26FN3O3S. The number of nitrogens with two attached hydrogens (primary N) is 1. The van der Waals surface area contributed by atoms with E-state index in [1.165, 1.54) is 18.2 Å². The number of amides is 2. The van der Waals surface area contributed by atoms with E-state index in [4.69, 9.17) is 9.56 Å². The Kier molecular flexibility index (Phi) is 6.11. The summed E-state index contributed by atoms with van der Waals surface area (Å²) in [6.07, 6.45) is 0. The van der Waals surface area contributed by atoms with Crippen LogP contribution in [0, 0.1) is 19.7 Å². The van der Waals surface area contributed by atoms with Gasteiger partial charge in [0.2, 0.25) is 0 Å². The van der Waals surface area contributed by atoms with Gasteiger partial charge < -0.3 is 9.73 Å². The van der Waals surface area contributed by atoms with Crippen LogP contribution >= 0.6 is 0 Å². The van der Waals surface area contributed by atoms with E-state index in [2.05, 4.69) is 9.68 Å². The van der Waals surface area contributed by atoms with Gasteiger partial charge in [0.05, 0.1) is 0 Å². The molecule has 0 bridgehead atoms. The number of urea groups is 1. The number of carbonyl (C=O) groups is 1. The molecule has 1 unspecified atom stereocenters. The molecule has 0 saturated heterocycles. The smallest absolute Gasteiger partial charge is 0.354 e. The van der Waals surface area contributed by atoms with Crippen molar-refractivity contribution >= 4 is 21.6 Å². The van der Waals surface area contributed by atoms with Crippen LogP contribution < -0.4 is 10.5 Å². The molecule has 0 saturated carbocycles. The molecule has 1 aromatic carbocycles. The SMILES string of the molecule is Cc1cc(S(N)(=O)=NC(=O)Nc2c(C(C)C)cc(F)cc2C(C)C)c(C)o1. The van der Waals surface area contributed by atoms with Gasteiger partial charge in [-0.15, -0.1) is 4.36 Å². The topological polar surface area (TPSA) is 97.7 Å². The van der Waals surface area contributed by atoms with Crippen LogP contribution in [0.5, 0.6) is 0 Å². The monoisotopic (exact) mass is 395 g/mol. The lowest BCUT2D eigenvalue weighted by Crippen LogP contribution is -2.19. The van der Waals surface area contributed by atoms with Gasteiger partial charge >= 0.3 is 6.03 Å². The van der Waals surface area contributed by atoms with Gasteiger partial charge in [-0.05, 0) is 55.0 Å². The van der Waals surface area contributed by atoms with E-state index in [-0.39, 0.29) is 22.5 Å². The number of halogens is 1. The number of anilines is 1. The molecule has 0 aliphatic carbocycles. The van der Waals surface area contributed by atoms with Crippen LogP contribution in [0.2, 0.25) is 0 Å². The number of hydrogen-bond donors (Lipinski definition) is 2. The molecule has 2 rings (SSSR count). The van der Waals surface area contributed by atoms with E-state index >= 15 is 0 Å². The van der Waals surface area contributed by atoms with Crippen molar-refractivity contribution in [3.05, 3.63) is 46.7 Å². The second-order valence-corrected chi connectivity index (χ2v) is 8.90. The van der Waals surface area contributed by atoms with Gasteiger partial charge in [0.25, 0.3) is 0 Å². The van der Waals surface area contributed by atoms with E-state index in [0.29, 0.717) is 28.3 Å². The molecule has 0 fully saturated rings. The molecule has 0 radical (unpaired) electrons.